The highest BCUT2D eigenvalue weighted by Crippen LogP contribution is 1.29. The maximum Gasteiger partial charge on any atom is 0.330 e. The summed E-state index contributed by atoms with van der Waals surface area (Å²) >= 11 is 0. The van der Waals surface area contributed by atoms with Crippen LogP contribution in [0.15, 0.2) is 14.4 Å². The van der Waals surface area contributed by atoms with Gasteiger partial charge >= 0.3 is 17.1 Å². The first-order valence-electron chi connectivity index (χ1n) is 2.93. The summed E-state index contributed by atoms with van der Waals surface area (Å²) in [6, 6.07) is 0. The second kappa shape index (κ2) is 5.45. The fraction of sp³-hybridized carbons (Fsp3) is 0. The summed E-state index contributed by atoms with van der Waals surface area (Å²) in [6.45, 7) is 0. The molecule has 0 aliphatic rings. The summed E-state index contributed by atoms with van der Waals surface area (Å²) in [6.07, 6.45) is 0. The van der Waals surface area contributed by atoms with Crippen molar-refractivity contribution < 1.29 is 4.12 Å². The molecular formula is C3H9N3O4Si2. The monoisotopic (exact) mass is 207 g/mol. The minimum absolute atomic E-state index is 0.802. The van der Waals surface area contributed by atoms with E-state index in [9.17, 15) is 14.4 Å². The highest BCUT2D eigenvalue weighted by atomic mass is 28.3. The zero-order valence-electron chi connectivity index (χ0n) is 6.63. The molecule has 0 amide bonds. The average molecular weight is 207 g/mol. The summed E-state index contributed by atoms with van der Waals surface area (Å²) in [5.41, 5.74) is -2.41. The van der Waals surface area contributed by atoms with Crippen LogP contribution in [0.5, 0.6) is 0 Å². The summed E-state index contributed by atoms with van der Waals surface area (Å²) < 4.78 is 4.53. The minimum Gasteiger partial charge on any atom is -0.471 e. The largest absolute Gasteiger partial charge is 0.471 e. The summed E-state index contributed by atoms with van der Waals surface area (Å²) in [5.74, 6) is 0. The van der Waals surface area contributed by atoms with Crippen LogP contribution in [0.4, 0.5) is 0 Å². The van der Waals surface area contributed by atoms with E-state index in [-0.39, 0.29) is 0 Å². The van der Waals surface area contributed by atoms with Gasteiger partial charge in [-0.25, -0.2) is 14.4 Å². The van der Waals surface area contributed by atoms with Crippen molar-refractivity contribution in [1.82, 2.24) is 15.0 Å². The van der Waals surface area contributed by atoms with E-state index in [1.54, 1.807) is 15.0 Å². The van der Waals surface area contributed by atoms with Gasteiger partial charge in [-0.05, 0) is 0 Å². The van der Waals surface area contributed by atoms with Gasteiger partial charge in [0.15, 0.2) is 0 Å². The third-order valence-corrected chi connectivity index (χ3v) is 0.681. The van der Waals surface area contributed by atoms with Gasteiger partial charge in [0.05, 0.1) is 0 Å². The number of aromatic amines is 3. The normalized spacial score (nSPS) is 9.00. The first-order chi connectivity index (χ1) is 5.60. The van der Waals surface area contributed by atoms with Crippen LogP contribution >= 0.6 is 0 Å². The topological polar surface area (TPSA) is 108 Å². The highest BCUT2D eigenvalue weighted by Gasteiger charge is 1.84. The Bertz CT molecular complexity index is 299. The molecule has 0 aliphatic heterocycles. The predicted octanol–water partition coefficient (Wildman–Crippen LogP) is -4.68. The number of H-pyrrole nitrogens is 3. The zero-order valence-corrected chi connectivity index (χ0v) is 10.6. The predicted molar refractivity (Wildman–Crippen MR) is 49.3 cm³/mol. The van der Waals surface area contributed by atoms with Crippen molar-refractivity contribution in [2.75, 3.05) is 0 Å². The SMILES string of the molecule is O=c1[nH]c(=O)[nH]c(=O)[nH]1.[SiH3]O[SiH3]. The van der Waals surface area contributed by atoms with Crippen LogP contribution in [0.25, 0.3) is 0 Å². The number of nitrogens with one attached hydrogen (secondary N) is 3. The van der Waals surface area contributed by atoms with E-state index in [0.29, 0.717) is 0 Å². The van der Waals surface area contributed by atoms with E-state index >= 15 is 0 Å². The summed E-state index contributed by atoms with van der Waals surface area (Å²) in [7, 11) is 1.86. The molecule has 1 aromatic rings. The Morgan fingerprint density at radius 1 is 0.833 bits per heavy atom. The highest BCUT2D eigenvalue weighted by molar-refractivity contribution is 6.15. The molecule has 0 saturated carbocycles. The van der Waals surface area contributed by atoms with Crippen molar-refractivity contribution in [1.29, 1.82) is 0 Å². The molecule has 0 bridgehead atoms. The maximum atomic E-state index is 10.2. The van der Waals surface area contributed by atoms with Crippen molar-refractivity contribution in [3.8, 4) is 0 Å². The molecule has 0 fully saturated rings. The van der Waals surface area contributed by atoms with E-state index < -0.39 is 17.1 Å². The molecule has 3 N–H and O–H groups in total. The first kappa shape index (κ1) is 10.8. The smallest absolute Gasteiger partial charge is 0.330 e. The van der Waals surface area contributed by atoms with Gasteiger partial charge in [-0.2, -0.15) is 0 Å². The Labute approximate surface area is 72.3 Å². The van der Waals surface area contributed by atoms with Crippen LogP contribution in [0.1, 0.15) is 0 Å². The fourth-order valence-corrected chi connectivity index (χ4v) is 0.403. The van der Waals surface area contributed by atoms with Gasteiger partial charge in [-0.15, -0.1) is 0 Å². The van der Waals surface area contributed by atoms with Gasteiger partial charge < -0.3 is 4.12 Å². The molecule has 1 heterocycles. The van der Waals surface area contributed by atoms with Crippen molar-refractivity contribution in [2.45, 2.75) is 0 Å². The van der Waals surface area contributed by atoms with Crippen LogP contribution < -0.4 is 17.1 Å². The lowest BCUT2D eigenvalue weighted by molar-refractivity contribution is 0.690. The van der Waals surface area contributed by atoms with Crippen LogP contribution in [0, 0.1) is 0 Å². The maximum absolute atomic E-state index is 10.2. The van der Waals surface area contributed by atoms with E-state index in [1.165, 1.54) is 0 Å². The third kappa shape index (κ3) is 4.59. The van der Waals surface area contributed by atoms with Gasteiger partial charge in [0.1, 0.15) is 21.0 Å². The molecule has 0 unspecified atom stereocenters. The molecule has 0 saturated heterocycles. The Hall–Kier alpha value is -1.20. The molecule has 0 spiro atoms. The minimum atomic E-state index is -0.802. The standard InChI is InChI=1S/C3H3N3O3.H6OSi2/c7-1-4-2(8)6-3(9)5-1;2-1-3/h(H3,4,5,6,7,8,9);2-3H3. The van der Waals surface area contributed by atoms with Crippen LogP contribution in [-0.4, -0.2) is 35.9 Å². The number of hydrogen-bond donors (Lipinski definition) is 3. The van der Waals surface area contributed by atoms with Crippen molar-refractivity contribution in [3.63, 3.8) is 0 Å². The fourth-order valence-electron chi connectivity index (χ4n) is 0.403. The lowest BCUT2D eigenvalue weighted by atomic mass is 11.0. The lowest BCUT2D eigenvalue weighted by Crippen LogP contribution is -2.34. The van der Waals surface area contributed by atoms with E-state index in [1.807, 2.05) is 0 Å². The first-order valence-corrected chi connectivity index (χ1v) is 4.56. The molecule has 7 nitrogen and oxygen atoms in total. The number of aromatic nitrogens is 3. The van der Waals surface area contributed by atoms with Crippen LogP contribution in [0.2, 0.25) is 0 Å². The summed E-state index contributed by atoms with van der Waals surface area (Å²) in [5, 5.41) is 0. The molecule has 0 aromatic carbocycles. The van der Waals surface area contributed by atoms with Crippen molar-refractivity contribution >= 4 is 21.0 Å². The third-order valence-electron chi connectivity index (χ3n) is 0.681. The Morgan fingerprint density at radius 2 is 1.00 bits per heavy atom. The molecule has 0 aliphatic carbocycles. The van der Waals surface area contributed by atoms with Crippen LogP contribution in [-0.2, 0) is 4.12 Å². The molecule has 1 aromatic heterocycles. The lowest BCUT2D eigenvalue weighted by Gasteiger charge is -1.77. The molecule has 0 radical (unpaired) electrons. The summed E-state index contributed by atoms with van der Waals surface area (Å²) in [4.78, 5) is 35.9. The zero-order chi connectivity index (χ0) is 9.56. The van der Waals surface area contributed by atoms with Gasteiger partial charge in [0, 0.05) is 0 Å². The quantitative estimate of drug-likeness (QED) is 0.372. The molecule has 0 atom stereocenters. The van der Waals surface area contributed by atoms with E-state index in [0.717, 1.165) is 21.0 Å². The van der Waals surface area contributed by atoms with E-state index in [4.69, 9.17) is 0 Å². The van der Waals surface area contributed by atoms with Gasteiger partial charge in [-0.3, -0.25) is 15.0 Å². The average Bonchev–Trinajstić information content (AvgIpc) is 1.84. The van der Waals surface area contributed by atoms with Crippen LogP contribution in [0.3, 0.4) is 0 Å². The number of hydrogen-bond acceptors (Lipinski definition) is 4. The second-order valence-corrected chi connectivity index (χ2v) is 5.04. The molecule has 1 rings (SSSR count). The van der Waals surface area contributed by atoms with Crippen molar-refractivity contribution in [2.24, 2.45) is 0 Å². The molecule has 9 heteroatoms. The molecular weight excluding hydrogens is 198 g/mol. The van der Waals surface area contributed by atoms with Gasteiger partial charge in [0.25, 0.3) is 0 Å². The Balaban J connectivity index is 0.000000354. The number of rotatable bonds is 0. The van der Waals surface area contributed by atoms with Gasteiger partial charge in [-0.1, -0.05) is 0 Å². The molecule has 12 heavy (non-hydrogen) atoms. The Morgan fingerprint density at radius 3 is 1.17 bits per heavy atom. The second-order valence-electron chi connectivity index (χ2n) is 1.77. The Kier molecular flexibility index (Phi) is 4.91. The van der Waals surface area contributed by atoms with Gasteiger partial charge in [0.2, 0.25) is 0 Å². The van der Waals surface area contributed by atoms with E-state index in [2.05, 4.69) is 4.12 Å². The molecule has 68 valence electrons. The van der Waals surface area contributed by atoms with Crippen molar-refractivity contribution in [3.05, 3.63) is 31.5 Å².